The minimum Gasteiger partial charge on any atom is -0.383 e. The summed E-state index contributed by atoms with van der Waals surface area (Å²) in [5.41, 5.74) is 19.5. The van der Waals surface area contributed by atoms with E-state index >= 15 is 0 Å². The molecule has 0 radical (unpaired) electrons. The maximum absolute atomic E-state index is 6.77. The van der Waals surface area contributed by atoms with Gasteiger partial charge in [0, 0.05) is 33.0 Å². The molecule has 0 fully saturated rings. The number of nitrogens with two attached hydrogens (primary N) is 1. The zero-order chi connectivity index (χ0) is 33.8. The number of hydrogen-bond acceptors (Lipinski definition) is 1. The van der Waals surface area contributed by atoms with E-state index in [0.717, 1.165) is 22.5 Å². The lowest BCUT2D eigenvalue weighted by Crippen LogP contribution is -2.15. The standard InChI is InChI=1S/C47H37N3/c1-47(2)40-22-13-21-37(45(40)39-29-33-16-9-10-17-34(33)30-41(39)47)42(49-46(48)32-14-5-3-6-15-32)26-24-31-25-27-44-38(28-31)36-20-11-12-23-43(36)50(44)35-18-7-4-8-19-35/h3-23,25-30H,24H2,1-2H3,(H2,48,49)/b42-26-. The predicted octanol–water partition coefficient (Wildman–Crippen LogP) is 11.2. The van der Waals surface area contributed by atoms with Crippen LogP contribution < -0.4 is 5.73 Å². The van der Waals surface area contributed by atoms with E-state index in [1.54, 1.807) is 0 Å². The molecule has 1 aliphatic carbocycles. The third-order valence-corrected chi connectivity index (χ3v) is 10.4. The first kappa shape index (κ1) is 29.9. The number of hydrogen-bond donors (Lipinski definition) is 1. The predicted molar refractivity (Wildman–Crippen MR) is 211 cm³/mol. The summed E-state index contributed by atoms with van der Waals surface area (Å²) in [4.78, 5) is 5.20. The first-order chi connectivity index (χ1) is 24.5. The van der Waals surface area contributed by atoms with Gasteiger partial charge in [0.15, 0.2) is 0 Å². The Labute approximate surface area is 292 Å². The number of rotatable bonds is 6. The van der Waals surface area contributed by atoms with Crippen LogP contribution in [0.2, 0.25) is 0 Å². The van der Waals surface area contributed by atoms with Gasteiger partial charge in [0.2, 0.25) is 0 Å². The molecule has 1 aliphatic rings. The molecule has 3 nitrogen and oxygen atoms in total. The van der Waals surface area contributed by atoms with Crippen LogP contribution in [-0.4, -0.2) is 10.4 Å². The lowest BCUT2D eigenvalue weighted by Gasteiger charge is -2.22. The molecule has 0 atom stereocenters. The highest BCUT2D eigenvalue weighted by Gasteiger charge is 2.37. The van der Waals surface area contributed by atoms with Gasteiger partial charge in [-0.3, -0.25) is 0 Å². The van der Waals surface area contributed by atoms with E-state index in [1.165, 1.54) is 60.4 Å². The second-order valence-corrected chi connectivity index (χ2v) is 13.8. The van der Waals surface area contributed by atoms with Crippen molar-refractivity contribution in [1.82, 2.24) is 4.57 Å². The van der Waals surface area contributed by atoms with Crippen molar-refractivity contribution in [2.45, 2.75) is 25.7 Å². The molecular weight excluding hydrogens is 607 g/mol. The van der Waals surface area contributed by atoms with Crippen LogP contribution >= 0.6 is 0 Å². The minimum atomic E-state index is -0.150. The highest BCUT2D eigenvalue weighted by Crippen LogP contribution is 2.52. The van der Waals surface area contributed by atoms with Crippen molar-refractivity contribution in [2.24, 2.45) is 10.7 Å². The normalized spacial score (nSPS) is 14.0. The maximum Gasteiger partial charge on any atom is 0.131 e. The smallest absolute Gasteiger partial charge is 0.131 e. The SMILES string of the molecule is CC1(C)c2cc3ccccc3cc2-c2c(C(=C/Cc3ccc4c(c3)c3ccccc3n4-c3ccccc3)/N=C(\N)c3ccccc3)cccc21. The molecule has 8 aromatic rings. The molecular formula is C47H37N3. The molecule has 0 saturated carbocycles. The Morgan fingerprint density at radius 2 is 1.32 bits per heavy atom. The molecule has 0 amide bonds. The molecule has 240 valence electrons. The van der Waals surface area contributed by atoms with Gasteiger partial charge in [-0.2, -0.15) is 0 Å². The summed E-state index contributed by atoms with van der Waals surface area (Å²) in [5.74, 6) is 0.506. The average Bonchev–Trinajstić information content (AvgIpc) is 3.61. The van der Waals surface area contributed by atoms with E-state index < -0.39 is 0 Å². The number of aromatic nitrogens is 1. The van der Waals surface area contributed by atoms with E-state index in [-0.39, 0.29) is 5.41 Å². The lowest BCUT2D eigenvalue weighted by atomic mass is 9.81. The van der Waals surface area contributed by atoms with Crippen LogP contribution in [0, 0.1) is 0 Å². The van der Waals surface area contributed by atoms with Crippen LogP contribution in [0.25, 0.3) is 55.1 Å². The van der Waals surface area contributed by atoms with Crippen molar-refractivity contribution in [3.63, 3.8) is 0 Å². The fraction of sp³-hybridized carbons (Fsp3) is 0.0851. The molecule has 3 heteroatoms. The van der Waals surface area contributed by atoms with Gasteiger partial charge in [0.25, 0.3) is 0 Å². The summed E-state index contributed by atoms with van der Waals surface area (Å²) in [7, 11) is 0. The summed E-state index contributed by atoms with van der Waals surface area (Å²) in [6.45, 7) is 4.67. The summed E-state index contributed by atoms with van der Waals surface area (Å²) in [5, 5.41) is 4.99. The fourth-order valence-corrected chi connectivity index (χ4v) is 7.92. The molecule has 0 bridgehead atoms. The Morgan fingerprint density at radius 3 is 2.12 bits per heavy atom. The van der Waals surface area contributed by atoms with Crippen LogP contribution in [-0.2, 0) is 11.8 Å². The molecule has 9 rings (SSSR count). The zero-order valence-electron chi connectivity index (χ0n) is 28.3. The van der Waals surface area contributed by atoms with Crippen molar-refractivity contribution in [3.8, 4) is 16.8 Å². The molecule has 0 saturated heterocycles. The average molecular weight is 644 g/mol. The van der Waals surface area contributed by atoms with Crippen LogP contribution in [0.5, 0.6) is 0 Å². The van der Waals surface area contributed by atoms with Crippen molar-refractivity contribution in [2.75, 3.05) is 0 Å². The molecule has 7 aromatic carbocycles. The number of fused-ring (bicyclic) bond motifs is 7. The van der Waals surface area contributed by atoms with Gasteiger partial charge < -0.3 is 10.3 Å². The monoisotopic (exact) mass is 643 g/mol. The Balaban J connectivity index is 1.21. The van der Waals surface area contributed by atoms with Gasteiger partial charge in [0.05, 0.1) is 16.7 Å². The first-order valence-electron chi connectivity index (χ1n) is 17.3. The van der Waals surface area contributed by atoms with Crippen LogP contribution in [0.4, 0.5) is 0 Å². The molecule has 0 unspecified atom stereocenters. The molecule has 2 N–H and O–H groups in total. The zero-order valence-corrected chi connectivity index (χ0v) is 28.3. The van der Waals surface area contributed by atoms with Gasteiger partial charge in [-0.15, -0.1) is 0 Å². The van der Waals surface area contributed by atoms with Crippen LogP contribution in [0.3, 0.4) is 0 Å². The highest BCUT2D eigenvalue weighted by atomic mass is 15.0. The molecule has 0 spiro atoms. The maximum atomic E-state index is 6.77. The number of nitrogens with zero attached hydrogens (tertiary/aromatic N) is 2. The van der Waals surface area contributed by atoms with E-state index in [9.17, 15) is 0 Å². The molecule has 50 heavy (non-hydrogen) atoms. The first-order valence-corrected chi connectivity index (χ1v) is 17.3. The third kappa shape index (κ3) is 4.85. The van der Waals surface area contributed by atoms with E-state index in [4.69, 9.17) is 10.7 Å². The van der Waals surface area contributed by atoms with Gasteiger partial charge >= 0.3 is 0 Å². The summed E-state index contributed by atoms with van der Waals surface area (Å²) in [6, 6.07) is 56.2. The van der Waals surface area contributed by atoms with Crippen molar-refractivity contribution in [1.29, 1.82) is 0 Å². The number of allylic oxidation sites excluding steroid dienone is 1. The summed E-state index contributed by atoms with van der Waals surface area (Å²) in [6.07, 6.45) is 2.97. The van der Waals surface area contributed by atoms with Crippen LogP contribution in [0.1, 0.15) is 41.7 Å². The van der Waals surface area contributed by atoms with Crippen molar-refractivity contribution in [3.05, 3.63) is 192 Å². The molecule has 1 aromatic heterocycles. The Bertz CT molecular complexity index is 2640. The highest BCUT2D eigenvalue weighted by molar-refractivity contribution is 6.09. The third-order valence-electron chi connectivity index (χ3n) is 10.4. The number of benzene rings is 7. The summed E-state index contributed by atoms with van der Waals surface area (Å²) >= 11 is 0. The van der Waals surface area contributed by atoms with Crippen molar-refractivity contribution < 1.29 is 0 Å². The summed E-state index contributed by atoms with van der Waals surface area (Å²) < 4.78 is 2.36. The van der Waals surface area contributed by atoms with E-state index in [1.807, 2.05) is 30.3 Å². The Morgan fingerprint density at radius 1 is 0.640 bits per heavy atom. The topological polar surface area (TPSA) is 43.3 Å². The van der Waals surface area contributed by atoms with Gasteiger partial charge in [-0.25, -0.2) is 4.99 Å². The largest absolute Gasteiger partial charge is 0.383 e. The van der Waals surface area contributed by atoms with Crippen molar-refractivity contribution >= 4 is 44.1 Å². The lowest BCUT2D eigenvalue weighted by molar-refractivity contribution is 0.661. The fourth-order valence-electron chi connectivity index (χ4n) is 7.92. The van der Waals surface area contributed by atoms with E-state index in [0.29, 0.717) is 12.3 Å². The second-order valence-electron chi connectivity index (χ2n) is 13.8. The van der Waals surface area contributed by atoms with Gasteiger partial charge in [-0.1, -0.05) is 135 Å². The quantitative estimate of drug-likeness (QED) is 0.142. The minimum absolute atomic E-state index is 0.150. The Kier molecular flexibility index (Phi) is 7.03. The van der Waals surface area contributed by atoms with E-state index in [2.05, 4.69) is 152 Å². The number of aliphatic imine (C=N–C) groups is 1. The molecule has 1 heterocycles. The molecule has 0 aliphatic heterocycles. The number of amidine groups is 1. The second kappa shape index (κ2) is 11.7. The Hall–Kier alpha value is -6.19. The van der Waals surface area contributed by atoms with Gasteiger partial charge in [0.1, 0.15) is 5.84 Å². The van der Waals surface area contributed by atoms with Gasteiger partial charge in [-0.05, 0) is 87.5 Å². The number of para-hydroxylation sites is 2. The van der Waals surface area contributed by atoms with Crippen LogP contribution in [0.15, 0.2) is 169 Å².